The topological polar surface area (TPSA) is 56.7 Å². The molecule has 0 aliphatic heterocycles. The number of aliphatic hydroxyl groups is 1. The summed E-state index contributed by atoms with van der Waals surface area (Å²) in [6.45, 7) is 2.04. The van der Waals surface area contributed by atoms with Crippen LogP contribution in [0.15, 0.2) is 48.8 Å². The molecule has 2 aromatic rings. The fraction of sp³-hybridized carbons (Fsp3) is 0.333. The van der Waals surface area contributed by atoms with Gasteiger partial charge in [0.1, 0.15) is 0 Å². The normalized spacial score (nSPS) is 10.8. The van der Waals surface area contributed by atoms with E-state index in [9.17, 15) is 9.90 Å². The fourth-order valence-electron chi connectivity index (χ4n) is 2.42. The number of hydrogen-bond donors (Lipinski definition) is 1. The van der Waals surface area contributed by atoms with Gasteiger partial charge in [0.15, 0.2) is 0 Å². The van der Waals surface area contributed by atoms with E-state index in [1.54, 1.807) is 25.2 Å². The molecule has 0 saturated heterocycles. The van der Waals surface area contributed by atoms with Crippen molar-refractivity contribution in [2.24, 2.45) is 0 Å². The lowest BCUT2D eigenvalue weighted by Gasteiger charge is -2.22. The van der Waals surface area contributed by atoms with E-state index in [0.717, 1.165) is 11.1 Å². The Labute approximate surface area is 137 Å². The predicted molar refractivity (Wildman–Crippen MR) is 89.9 cm³/mol. The van der Waals surface area contributed by atoms with Gasteiger partial charge in [-0.15, -0.1) is 0 Å². The van der Waals surface area contributed by atoms with Crippen LogP contribution in [0.4, 0.5) is 0 Å². The van der Waals surface area contributed by atoms with Gasteiger partial charge < -0.3 is 10.0 Å². The zero-order chi connectivity index (χ0) is 16.7. The number of hydrogen-bond acceptors (Lipinski definition) is 4. The molecule has 0 aliphatic carbocycles. The third kappa shape index (κ3) is 5.16. The molecule has 1 heterocycles. The van der Waals surface area contributed by atoms with Gasteiger partial charge in [0.2, 0.25) is 0 Å². The number of nitrogens with zero attached hydrogens (tertiary/aromatic N) is 3. The average Bonchev–Trinajstić information content (AvgIpc) is 2.55. The Kier molecular flexibility index (Phi) is 6.26. The third-order valence-electron chi connectivity index (χ3n) is 3.53. The summed E-state index contributed by atoms with van der Waals surface area (Å²) in [6, 6.07) is 11.6. The van der Waals surface area contributed by atoms with Crippen molar-refractivity contribution in [2.75, 3.05) is 27.2 Å². The molecule has 1 amide bonds. The lowest BCUT2D eigenvalue weighted by molar-refractivity contribution is 0.0827. The van der Waals surface area contributed by atoms with Crippen molar-refractivity contribution in [3.05, 3.63) is 65.5 Å². The van der Waals surface area contributed by atoms with Gasteiger partial charge in [-0.25, -0.2) is 0 Å². The first-order valence-corrected chi connectivity index (χ1v) is 7.63. The maximum absolute atomic E-state index is 12.1. The van der Waals surface area contributed by atoms with E-state index in [1.165, 1.54) is 0 Å². The Morgan fingerprint density at radius 2 is 1.87 bits per heavy atom. The fourth-order valence-corrected chi connectivity index (χ4v) is 2.42. The Morgan fingerprint density at radius 1 is 1.13 bits per heavy atom. The smallest absolute Gasteiger partial charge is 0.253 e. The van der Waals surface area contributed by atoms with E-state index in [2.05, 4.69) is 9.88 Å². The summed E-state index contributed by atoms with van der Waals surface area (Å²) in [5.41, 5.74) is 2.83. The number of carbonyl (C=O) groups is 1. The van der Waals surface area contributed by atoms with Crippen LogP contribution in [-0.2, 0) is 13.1 Å². The number of aromatic nitrogens is 1. The van der Waals surface area contributed by atoms with Crippen molar-refractivity contribution in [3.8, 4) is 0 Å². The molecule has 0 unspecified atom stereocenters. The summed E-state index contributed by atoms with van der Waals surface area (Å²) >= 11 is 0. The molecule has 0 fully saturated rings. The van der Waals surface area contributed by atoms with Gasteiger partial charge in [0.25, 0.3) is 5.91 Å². The van der Waals surface area contributed by atoms with Gasteiger partial charge in [-0.3, -0.25) is 14.7 Å². The second-order valence-corrected chi connectivity index (χ2v) is 5.70. The van der Waals surface area contributed by atoms with Crippen molar-refractivity contribution in [1.82, 2.24) is 14.8 Å². The Balaban J connectivity index is 2.10. The highest BCUT2D eigenvalue weighted by atomic mass is 16.3. The molecule has 0 spiro atoms. The summed E-state index contributed by atoms with van der Waals surface area (Å²) in [6.07, 6.45) is 3.58. The molecule has 1 aromatic heterocycles. The lowest BCUT2D eigenvalue weighted by Crippen LogP contribution is -2.26. The molecule has 0 radical (unpaired) electrons. The van der Waals surface area contributed by atoms with Gasteiger partial charge in [0, 0.05) is 51.7 Å². The highest BCUT2D eigenvalue weighted by molar-refractivity contribution is 5.94. The van der Waals surface area contributed by atoms with Crippen LogP contribution in [0.2, 0.25) is 0 Å². The van der Waals surface area contributed by atoms with Crippen molar-refractivity contribution in [1.29, 1.82) is 0 Å². The zero-order valence-electron chi connectivity index (χ0n) is 13.6. The van der Waals surface area contributed by atoms with Gasteiger partial charge in [-0.1, -0.05) is 18.2 Å². The van der Waals surface area contributed by atoms with Crippen LogP contribution in [0.25, 0.3) is 0 Å². The highest BCUT2D eigenvalue weighted by Crippen LogP contribution is 2.12. The first-order valence-electron chi connectivity index (χ1n) is 7.63. The van der Waals surface area contributed by atoms with E-state index >= 15 is 0 Å². The monoisotopic (exact) mass is 313 g/mol. The molecule has 23 heavy (non-hydrogen) atoms. The number of pyridine rings is 1. The van der Waals surface area contributed by atoms with Crippen LogP contribution in [0.1, 0.15) is 21.5 Å². The van der Waals surface area contributed by atoms with Crippen molar-refractivity contribution < 1.29 is 9.90 Å². The van der Waals surface area contributed by atoms with Crippen LogP contribution in [0.3, 0.4) is 0 Å². The summed E-state index contributed by atoms with van der Waals surface area (Å²) in [7, 11) is 3.49. The number of aliphatic hydroxyl groups excluding tert-OH is 1. The maximum Gasteiger partial charge on any atom is 0.253 e. The van der Waals surface area contributed by atoms with Crippen molar-refractivity contribution in [2.45, 2.75) is 13.1 Å². The number of amides is 1. The van der Waals surface area contributed by atoms with Crippen LogP contribution in [0.5, 0.6) is 0 Å². The molecule has 2 rings (SSSR count). The summed E-state index contributed by atoms with van der Waals surface area (Å²) < 4.78 is 0. The molecule has 1 aromatic carbocycles. The minimum absolute atomic E-state index is 0.00665. The molecule has 122 valence electrons. The van der Waals surface area contributed by atoms with Gasteiger partial charge in [-0.2, -0.15) is 0 Å². The maximum atomic E-state index is 12.1. The molecular formula is C18H23N3O2. The average molecular weight is 313 g/mol. The Bertz CT molecular complexity index is 629. The number of rotatable bonds is 7. The lowest BCUT2D eigenvalue weighted by atomic mass is 10.1. The molecule has 0 saturated carbocycles. The van der Waals surface area contributed by atoms with Crippen LogP contribution < -0.4 is 0 Å². The largest absolute Gasteiger partial charge is 0.395 e. The standard InChI is InChI=1S/C18H23N3O2/c1-20(2)18(23)17-7-3-5-15(11-17)13-21(9-10-22)14-16-6-4-8-19-12-16/h3-8,11-12,22H,9-10,13-14H2,1-2H3. The molecule has 0 bridgehead atoms. The highest BCUT2D eigenvalue weighted by Gasteiger charge is 2.11. The number of carbonyl (C=O) groups excluding carboxylic acids is 1. The first kappa shape index (κ1) is 17.1. The quantitative estimate of drug-likeness (QED) is 0.846. The molecule has 1 N–H and O–H groups in total. The second-order valence-electron chi connectivity index (χ2n) is 5.70. The zero-order valence-corrected chi connectivity index (χ0v) is 13.6. The minimum Gasteiger partial charge on any atom is -0.395 e. The van der Waals surface area contributed by atoms with Gasteiger partial charge in [-0.05, 0) is 29.3 Å². The van der Waals surface area contributed by atoms with Crippen LogP contribution in [-0.4, -0.2) is 53.0 Å². The molecule has 0 atom stereocenters. The third-order valence-corrected chi connectivity index (χ3v) is 3.53. The van der Waals surface area contributed by atoms with Crippen LogP contribution in [0, 0.1) is 0 Å². The van der Waals surface area contributed by atoms with E-state index in [4.69, 9.17) is 0 Å². The second kappa shape index (κ2) is 8.41. The summed E-state index contributed by atoms with van der Waals surface area (Å²) in [5, 5.41) is 9.29. The molecular weight excluding hydrogens is 290 g/mol. The predicted octanol–water partition coefficient (Wildman–Crippen LogP) is 1.78. The van der Waals surface area contributed by atoms with E-state index in [-0.39, 0.29) is 12.5 Å². The Morgan fingerprint density at radius 3 is 2.52 bits per heavy atom. The summed E-state index contributed by atoms with van der Waals surface area (Å²) in [5.74, 6) is -0.00665. The van der Waals surface area contributed by atoms with E-state index < -0.39 is 0 Å². The molecule has 5 nitrogen and oxygen atoms in total. The van der Waals surface area contributed by atoms with Crippen LogP contribution >= 0.6 is 0 Å². The SMILES string of the molecule is CN(C)C(=O)c1cccc(CN(CCO)Cc2cccnc2)c1. The first-order chi connectivity index (χ1) is 11.1. The van der Waals surface area contributed by atoms with E-state index in [1.807, 2.05) is 42.6 Å². The van der Waals surface area contributed by atoms with Gasteiger partial charge >= 0.3 is 0 Å². The number of benzene rings is 1. The Hall–Kier alpha value is -2.24. The van der Waals surface area contributed by atoms with E-state index in [0.29, 0.717) is 25.2 Å². The molecule has 5 heteroatoms. The van der Waals surface area contributed by atoms with Crippen molar-refractivity contribution in [3.63, 3.8) is 0 Å². The van der Waals surface area contributed by atoms with Crippen molar-refractivity contribution >= 4 is 5.91 Å². The molecule has 0 aliphatic rings. The minimum atomic E-state index is -0.00665. The summed E-state index contributed by atoms with van der Waals surface area (Å²) in [4.78, 5) is 19.9. The van der Waals surface area contributed by atoms with Gasteiger partial charge in [0.05, 0.1) is 6.61 Å².